The molecule has 0 amide bonds. The number of aromatic nitrogens is 1. The second kappa shape index (κ2) is 5.81. The van der Waals surface area contributed by atoms with Crippen LogP contribution < -0.4 is 4.74 Å². The molecule has 22 heavy (non-hydrogen) atoms. The molecule has 114 valence electrons. The average Bonchev–Trinajstić information content (AvgIpc) is 2.44. The number of esters is 2. The molecule has 1 aliphatic heterocycles. The Morgan fingerprint density at radius 3 is 2.59 bits per heavy atom. The number of cyclic esters (lactones) is 2. The average molecular weight is 303 g/mol. The molecule has 8 heteroatoms. The summed E-state index contributed by atoms with van der Waals surface area (Å²) in [7, 11) is 1.39. The number of nitrogens with zero attached hydrogens (tertiary/aromatic N) is 3. The molecular weight excluding hydrogens is 290 g/mol. The van der Waals surface area contributed by atoms with Crippen LogP contribution in [0.15, 0.2) is 17.3 Å². The van der Waals surface area contributed by atoms with Gasteiger partial charge >= 0.3 is 11.9 Å². The number of carbonyl (C=O) groups is 2. The van der Waals surface area contributed by atoms with Crippen LogP contribution in [0.5, 0.6) is 5.75 Å². The highest BCUT2D eigenvalue weighted by Gasteiger charge is 2.42. The van der Waals surface area contributed by atoms with Crippen LogP contribution >= 0.6 is 0 Å². The van der Waals surface area contributed by atoms with E-state index in [0.717, 1.165) is 6.21 Å². The first kappa shape index (κ1) is 15.4. The quantitative estimate of drug-likeness (QED) is 0.467. The van der Waals surface area contributed by atoms with E-state index in [-0.39, 0.29) is 11.4 Å². The topological polar surface area (TPSA) is 111 Å². The van der Waals surface area contributed by atoms with Gasteiger partial charge in [0.15, 0.2) is 17.4 Å². The lowest BCUT2D eigenvalue weighted by molar-refractivity contribution is -0.235. The molecule has 0 aromatic carbocycles. The maximum absolute atomic E-state index is 11.8. The number of hydrogen-bond donors (Lipinski definition) is 0. The molecule has 0 radical (unpaired) electrons. The fourth-order valence-corrected chi connectivity index (χ4v) is 1.76. The van der Waals surface area contributed by atoms with Crippen molar-refractivity contribution in [3.05, 3.63) is 18.0 Å². The summed E-state index contributed by atoms with van der Waals surface area (Å²) >= 11 is 0. The van der Waals surface area contributed by atoms with Gasteiger partial charge in [-0.15, -0.1) is 0 Å². The predicted molar refractivity (Wildman–Crippen MR) is 73.4 cm³/mol. The van der Waals surface area contributed by atoms with Crippen LogP contribution in [0, 0.1) is 17.2 Å². The third-order valence-corrected chi connectivity index (χ3v) is 2.74. The van der Waals surface area contributed by atoms with Crippen molar-refractivity contribution in [1.82, 2.24) is 4.98 Å². The zero-order valence-corrected chi connectivity index (χ0v) is 12.2. The van der Waals surface area contributed by atoms with Crippen molar-refractivity contribution in [2.75, 3.05) is 7.11 Å². The van der Waals surface area contributed by atoms with Crippen LogP contribution in [0.4, 0.5) is 5.69 Å². The smallest absolute Gasteiger partial charge is 0.329 e. The van der Waals surface area contributed by atoms with Gasteiger partial charge < -0.3 is 14.2 Å². The maximum atomic E-state index is 11.8. The molecular formula is C14H13N3O5. The maximum Gasteiger partial charge on any atom is 0.329 e. The van der Waals surface area contributed by atoms with Crippen molar-refractivity contribution in [2.45, 2.75) is 19.6 Å². The largest absolute Gasteiger partial charge is 0.494 e. The molecule has 8 nitrogen and oxygen atoms in total. The zero-order chi connectivity index (χ0) is 16.3. The highest BCUT2D eigenvalue weighted by atomic mass is 16.7. The van der Waals surface area contributed by atoms with Gasteiger partial charge in [-0.1, -0.05) is 0 Å². The van der Waals surface area contributed by atoms with E-state index >= 15 is 0 Å². The Kier molecular flexibility index (Phi) is 4.08. The van der Waals surface area contributed by atoms with E-state index in [4.69, 9.17) is 19.5 Å². The van der Waals surface area contributed by atoms with E-state index < -0.39 is 23.6 Å². The lowest BCUT2D eigenvalue weighted by Gasteiger charge is -2.31. The van der Waals surface area contributed by atoms with Gasteiger partial charge in [-0.3, -0.25) is 14.6 Å². The van der Waals surface area contributed by atoms with Crippen LogP contribution in [-0.4, -0.2) is 36.0 Å². The fourth-order valence-electron chi connectivity index (χ4n) is 1.76. The summed E-state index contributed by atoms with van der Waals surface area (Å²) in [5.74, 6) is -3.75. The molecule has 0 aliphatic carbocycles. The molecule has 0 unspecified atom stereocenters. The zero-order valence-electron chi connectivity index (χ0n) is 12.2. The fraction of sp³-hybridized carbons (Fsp3) is 0.357. The van der Waals surface area contributed by atoms with Crippen LogP contribution in [0.2, 0.25) is 0 Å². The molecule has 0 atom stereocenters. The van der Waals surface area contributed by atoms with E-state index in [1.54, 1.807) is 0 Å². The molecule has 1 saturated heterocycles. The van der Waals surface area contributed by atoms with Crippen LogP contribution in [0.1, 0.15) is 19.5 Å². The lowest BCUT2D eigenvalue weighted by atomic mass is 10.1. The summed E-state index contributed by atoms with van der Waals surface area (Å²) in [4.78, 5) is 31.4. The van der Waals surface area contributed by atoms with E-state index in [0.29, 0.717) is 5.69 Å². The predicted octanol–water partition coefficient (Wildman–Crippen LogP) is 1.12. The minimum atomic E-state index is -1.28. The summed E-state index contributed by atoms with van der Waals surface area (Å²) in [5.41, 5.74) is 0.431. The Balaban J connectivity index is 2.20. The van der Waals surface area contributed by atoms with Gasteiger partial charge in [0, 0.05) is 26.1 Å². The van der Waals surface area contributed by atoms with E-state index in [9.17, 15) is 9.59 Å². The van der Waals surface area contributed by atoms with Crippen LogP contribution in [-0.2, 0) is 19.1 Å². The third kappa shape index (κ3) is 3.20. The van der Waals surface area contributed by atoms with E-state index in [1.807, 2.05) is 6.07 Å². The van der Waals surface area contributed by atoms with Crippen molar-refractivity contribution in [3.63, 3.8) is 0 Å². The minimum Gasteiger partial charge on any atom is -0.494 e. The second-order valence-corrected chi connectivity index (χ2v) is 4.85. The van der Waals surface area contributed by atoms with Crippen molar-refractivity contribution >= 4 is 23.8 Å². The normalized spacial score (nSPS) is 17.7. The molecule has 0 bridgehead atoms. The van der Waals surface area contributed by atoms with Gasteiger partial charge in [0.05, 0.1) is 19.0 Å². The van der Waals surface area contributed by atoms with Crippen LogP contribution in [0.3, 0.4) is 0 Å². The SMILES string of the molecule is COc1cc(N=CC2C(=O)OC(C)(C)OC2=O)cnc1C#N. The summed E-state index contributed by atoms with van der Waals surface area (Å²) < 4.78 is 14.9. The Morgan fingerprint density at radius 1 is 1.41 bits per heavy atom. The molecule has 1 fully saturated rings. The number of ether oxygens (including phenoxy) is 3. The van der Waals surface area contributed by atoms with Gasteiger partial charge in [0.1, 0.15) is 6.07 Å². The molecule has 2 heterocycles. The van der Waals surface area contributed by atoms with E-state index in [2.05, 4.69) is 9.98 Å². The molecule has 1 aromatic rings. The Hall–Kier alpha value is -2.95. The summed E-state index contributed by atoms with van der Waals surface area (Å²) in [6.45, 7) is 2.93. The number of pyridine rings is 1. The molecule has 2 rings (SSSR count). The highest BCUT2D eigenvalue weighted by Crippen LogP contribution is 2.24. The Bertz CT molecular complexity index is 670. The molecule has 0 N–H and O–H groups in total. The first-order chi connectivity index (χ1) is 10.4. The van der Waals surface area contributed by atoms with Crippen LogP contribution in [0.25, 0.3) is 0 Å². The first-order valence-corrected chi connectivity index (χ1v) is 6.30. The monoisotopic (exact) mass is 303 g/mol. The number of nitriles is 1. The van der Waals surface area contributed by atoms with Gasteiger partial charge in [0.2, 0.25) is 0 Å². The summed E-state index contributed by atoms with van der Waals surface area (Å²) in [6.07, 6.45) is 2.43. The number of carbonyl (C=O) groups excluding carboxylic acids is 2. The van der Waals surface area contributed by atoms with Gasteiger partial charge in [0.25, 0.3) is 5.79 Å². The van der Waals surface area contributed by atoms with Gasteiger partial charge in [-0.2, -0.15) is 5.26 Å². The number of rotatable bonds is 3. The van der Waals surface area contributed by atoms with Crippen molar-refractivity contribution in [3.8, 4) is 11.8 Å². The van der Waals surface area contributed by atoms with Crippen molar-refractivity contribution < 1.29 is 23.8 Å². The Labute approximate surface area is 126 Å². The van der Waals surface area contributed by atoms with Crippen molar-refractivity contribution in [2.24, 2.45) is 10.9 Å². The minimum absolute atomic E-state index is 0.111. The molecule has 0 saturated carbocycles. The molecule has 1 aliphatic rings. The first-order valence-electron chi connectivity index (χ1n) is 6.30. The summed E-state index contributed by atoms with van der Waals surface area (Å²) in [5, 5.41) is 8.84. The number of hydrogen-bond acceptors (Lipinski definition) is 8. The summed E-state index contributed by atoms with van der Waals surface area (Å²) in [6, 6.07) is 3.33. The highest BCUT2D eigenvalue weighted by molar-refractivity contribution is 6.10. The van der Waals surface area contributed by atoms with Crippen molar-refractivity contribution in [1.29, 1.82) is 5.26 Å². The third-order valence-electron chi connectivity index (χ3n) is 2.74. The van der Waals surface area contributed by atoms with Gasteiger partial charge in [-0.05, 0) is 0 Å². The standard InChI is InChI=1S/C14H13N3O5/c1-14(2)21-12(18)9(13(19)22-14)7-16-8-4-11(20-3)10(5-15)17-6-8/h4,6-7,9H,1-3H3. The lowest BCUT2D eigenvalue weighted by Crippen LogP contribution is -2.46. The molecule has 0 spiro atoms. The molecule has 1 aromatic heterocycles. The number of methoxy groups -OCH3 is 1. The van der Waals surface area contributed by atoms with E-state index in [1.165, 1.54) is 33.2 Å². The number of aliphatic imine (C=N–C) groups is 1. The second-order valence-electron chi connectivity index (χ2n) is 4.85. The van der Waals surface area contributed by atoms with Gasteiger partial charge in [-0.25, -0.2) is 4.98 Å². The Morgan fingerprint density at radius 2 is 2.05 bits per heavy atom.